The highest BCUT2D eigenvalue weighted by atomic mass is 16.1. The molecular formula is C12H20N4O. The van der Waals surface area contributed by atoms with Crippen LogP contribution < -0.4 is 10.6 Å². The third-order valence-corrected chi connectivity index (χ3v) is 3.30. The molecular weight excluding hydrogens is 216 g/mol. The summed E-state index contributed by atoms with van der Waals surface area (Å²) in [6, 6.07) is 1.86. The van der Waals surface area contributed by atoms with Crippen LogP contribution in [0.3, 0.4) is 0 Å². The van der Waals surface area contributed by atoms with Gasteiger partial charge in [0.2, 0.25) is 5.91 Å². The van der Waals surface area contributed by atoms with Gasteiger partial charge >= 0.3 is 0 Å². The summed E-state index contributed by atoms with van der Waals surface area (Å²) in [5.74, 6) is 0.105. The summed E-state index contributed by atoms with van der Waals surface area (Å²) < 4.78 is 1.78. The average Bonchev–Trinajstić information content (AvgIpc) is 2.95. The molecule has 5 nitrogen and oxygen atoms in total. The number of aromatic nitrogens is 2. The van der Waals surface area contributed by atoms with Gasteiger partial charge in [-0.2, -0.15) is 5.10 Å². The average molecular weight is 236 g/mol. The number of hydrogen-bond donors (Lipinski definition) is 2. The Labute approximate surface area is 102 Å². The minimum atomic E-state index is 0.105. The molecule has 0 saturated carbocycles. The summed E-state index contributed by atoms with van der Waals surface area (Å²) in [5, 5.41) is 10.4. The first kappa shape index (κ1) is 12.1. The van der Waals surface area contributed by atoms with Crippen LogP contribution in [0.1, 0.15) is 19.8 Å². The summed E-state index contributed by atoms with van der Waals surface area (Å²) in [6.07, 6.45) is 5.22. The lowest BCUT2D eigenvalue weighted by atomic mass is 9.90. The van der Waals surface area contributed by atoms with E-state index >= 15 is 0 Å². The number of nitrogens with zero attached hydrogens (tertiary/aromatic N) is 2. The summed E-state index contributed by atoms with van der Waals surface area (Å²) in [5.41, 5.74) is 0.224. The van der Waals surface area contributed by atoms with Crippen LogP contribution in [0.25, 0.3) is 0 Å². The molecule has 1 aliphatic rings. The molecule has 0 spiro atoms. The predicted molar refractivity (Wildman–Crippen MR) is 65.4 cm³/mol. The van der Waals surface area contributed by atoms with Gasteiger partial charge in [0, 0.05) is 38.4 Å². The third-order valence-electron chi connectivity index (χ3n) is 3.30. The van der Waals surface area contributed by atoms with Crippen LogP contribution in [-0.2, 0) is 11.3 Å². The maximum Gasteiger partial charge on any atom is 0.221 e. The van der Waals surface area contributed by atoms with Crippen LogP contribution in [-0.4, -0.2) is 35.3 Å². The third kappa shape index (κ3) is 3.56. The Bertz CT molecular complexity index is 355. The van der Waals surface area contributed by atoms with Crippen molar-refractivity contribution in [2.45, 2.75) is 26.3 Å². The first-order valence-corrected chi connectivity index (χ1v) is 6.13. The standard InChI is InChI=1S/C12H20N4O/c1-12(4-6-13-9-12)10-14-11(17)3-8-16-7-2-5-15-16/h2,5,7,13H,3-4,6,8-10H2,1H3,(H,14,17). The molecule has 0 aromatic carbocycles. The maximum absolute atomic E-state index is 11.7. The van der Waals surface area contributed by atoms with E-state index in [0.717, 1.165) is 26.1 Å². The monoisotopic (exact) mass is 236 g/mol. The van der Waals surface area contributed by atoms with Crippen molar-refractivity contribution >= 4 is 5.91 Å². The van der Waals surface area contributed by atoms with Gasteiger partial charge in [-0.1, -0.05) is 6.92 Å². The fraction of sp³-hybridized carbons (Fsp3) is 0.667. The number of aryl methyl sites for hydroxylation is 1. The zero-order valence-electron chi connectivity index (χ0n) is 10.3. The maximum atomic E-state index is 11.7. The van der Waals surface area contributed by atoms with E-state index in [9.17, 15) is 4.79 Å². The predicted octanol–water partition coefficient (Wildman–Crippen LogP) is 0.389. The minimum Gasteiger partial charge on any atom is -0.355 e. The highest BCUT2D eigenvalue weighted by Crippen LogP contribution is 2.22. The Morgan fingerprint density at radius 3 is 3.18 bits per heavy atom. The molecule has 94 valence electrons. The van der Waals surface area contributed by atoms with Crippen molar-refractivity contribution in [3.8, 4) is 0 Å². The van der Waals surface area contributed by atoms with Crippen LogP contribution >= 0.6 is 0 Å². The Hall–Kier alpha value is -1.36. The molecule has 2 heterocycles. The SMILES string of the molecule is CC1(CNC(=O)CCn2cccn2)CCNC1. The van der Waals surface area contributed by atoms with Gasteiger partial charge in [0.25, 0.3) is 0 Å². The van der Waals surface area contributed by atoms with Gasteiger partial charge in [-0.3, -0.25) is 9.48 Å². The van der Waals surface area contributed by atoms with Crippen LogP contribution in [0.4, 0.5) is 0 Å². The summed E-state index contributed by atoms with van der Waals surface area (Å²) >= 11 is 0. The second kappa shape index (κ2) is 5.31. The normalized spacial score (nSPS) is 23.8. The van der Waals surface area contributed by atoms with E-state index in [1.807, 2.05) is 12.3 Å². The van der Waals surface area contributed by atoms with Crippen molar-refractivity contribution in [3.63, 3.8) is 0 Å². The lowest BCUT2D eigenvalue weighted by Gasteiger charge is -2.22. The van der Waals surface area contributed by atoms with Crippen LogP contribution in [0.5, 0.6) is 0 Å². The Morgan fingerprint density at radius 2 is 2.53 bits per heavy atom. The molecule has 1 unspecified atom stereocenters. The number of carbonyl (C=O) groups is 1. The van der Waals surface area contributed by atoms with Gasteiger partial charge < -0.3 is 10.6 Å². The van der Waals surface area contributed by atoms with E-state index in [1.165, 1.54) is 0 Å². The zero-order chi connectivity index (χ0) is 12.1. The van der Waals surface area contributed by atoms with E-state index < -0.39 is 0 Å². The van der Waals surface area contributed by atoms with Crippen molar-refractivity contribution in [1.29, 1.82) is 0 Å². The van der Waals surface area contributed by atoms with E-state index in [0.29, 0.717) is 13.0 Å². The smallest absolute Gasteiger partial charge is 0.221 e. The topological polar surface area (TPSA) is 59.0 Å². The first-order chi connectivity index (χ1) is 8.18. The largest absolute Gasteiger partial charge is 0.355 e. The number of carbonyl (C=O) groups excluding carboxylic acids is 1. The minimum absolute atomic E-state index is 0.105. The molecule has 1 aromatic rings. The van der Waals surface area contributed by atoms with Crippen LogP contribution in [0.2, 0.25) is 0 Å². The molecule has 1 amide bonds. The molecule has 1 atom stereocenters. The van der Waals surface area contributed by atoms with E-state index in [2.05, 4.69) is 22.7 Å². The van der Waals surface area contributed by atoms with Crippen LogP contribution in [0, 0.1) is 5.41 Å². The molecule has 1 saturated heterocycles. The Morgan fingerprint density at radius 1 is 1.65 bits per heavy atom. The van der Waals surface area contributed by atoms with E-state index in [1.54, 1.807) is 10.9 Å². The fourth-order valence-corrected chi connectivity index (χ4v) is 2.07. The molecule has 2 rings (SSSR count). The number of rotatable bonds is 5. The molecule has 1 fully saturated rings. The molecule has 0 aliphatic carbocycles. The van der Waals surface area contributed by atoms with E-state index in [4.69, 9.17) is 0 Å². The van der Waals surface area contributed by atoms with E-state index in [-0.39, 0.29) is 11.3 Å². The summed E-state index contributed by atoms with van der Waals surface area (Å²) in [7, 11) is 0. The van der Waals surface area contributed by atoms with Gasteiger partial charge in [-0.05, 0) is 24.4 Å². The van der Waals surface area contributed by atoms with Gasteiger partial charge in [0.1, 0.15) is 0 Å². The van der Waals surface area contributed by atoms with Crippen LogP contribution in [0.15, 0.2) is 18.5 Å². The van der Waals surface area contributed by atoms with Crippen molar-refractivity contribution in [2.75, 3.05) is 19.6 Å². The van der Waals surface area contributed by atoms with Crippen molar-refractivity contribution in [2.24, 2.45) is 5.41 Å². The first-order valence-electron chi connectivity index (χ1n) is 6.13. The molecule has 0 bridgehead atoms. The lowest BCUT2D eigenvalue weighted by Crippen LogP contribution is -2.37. The number of hydrogen-bond acceptors (Lipinski definition) is 3. The number of amides is 1. The highest BCUT2D eigenvalue weighted by Gasteiger charge is 2.28. The van der Waals surface area contributed by atoms with Crippen molar-refractivity contribution in [1.82, 2.24) is 20.4 Å². The molecule has 5 heteroatoms. The Kier molecular flexibility index (Phi) is 3.78. The molecule has 17 heavy (non-hydrogen) atoms. The van der Waals surface area contributed by atoms with Gasteiger partial charge in [0.05, 0.1) is 0 Å². The van der Waals surface area contributed by atoms with Crippen molar-refractivity contribution < 1.29 is 4.79 Å². The number of nitrogens with one attached hydrogen (secondary N) is 2. The Balaban J connectivity index is 1.67. The molecule has 1 aliphatic heterocycles. The molecule has 0 radical (unpaired) electrons. The second-order valence-electron chi connectivity index (χ2n) is 5.03. The fourth-order valence-electron chi connectivity index (χ4n) is 2.07. The summed E-state index contributed by atoms with van der Waals surface area (Å²) in [4.78, 5) is 11.7. The van der Waals surface area contributed by atoms with Crippen molar-refractivity contribution in [3.05, 3.63) is 18.5 Å². The van der Waals surface area contributed by atoms with Gasteiger partial charge in [0.15, 0.2) is 0 Å². The summed E-state index contributed by atoms with van der Waals surface area (Å²) in [6.45, 7) is 5.67. The molecule has 2 N–H and O–H groups in total. The molecule has 1 aromatic heterocycles. The van der Waals surface area contributed by atoms with Gasteiger partial charge in [-0.15, -0.1) is 0 Å². The second-order valence-corrected chi connectivity index (χ2v) is 5.03. The zero-order valence-corrected chi connectivity index (χ0v) is 10.3. The highest BCUT2D eigenvalue weighted by molar-refractivity contribution is 5.75. The van der Waals surface area contributed by atoms with Gasteiger partial charge in [-0.25, -0.2) is 0 Å². The lowest BCUT2D eigenvalue weighted by molar-refractivity contribution is -0.121. The quantitative estimate of drug-likeness (QED) is 0.777.